The van der Waals surface area contributed by atoms with E-state index in [9.17, 15) is 8.42 Å². The minimum atomic E-state index is -3.22. The maximum atomic E-state index is 12.5. The molecule has 1 aliphatic heterocycles. The van der Waals surface area contributed by atoms with Gasteiger partial charge in [-0.3, -0.25) is 0 Å². The molecule has 1 aromatic carbocycles. The average Bonchev–Trinajstić information content (AvgIpc) is 2.86. The minimum Gasteiger partial charge on any atom is -0.327 e. The van der Waals surface area contributed by atoms with Gasteiger partial charge in [0.05, 0.1) is 5.75 Å². The minimum absolute atomic E-state index is 0. The van der Waals surface area contributed by atoms with Gasteiger partial charge in [-0.15, -0.1) is 12.4 Å². The van der Waals surface area contributed by atoms with Crippen LogP contribution >= 0.6 is 12.4 Å². The highest BCUT2D eigenvalue weighted by Crippen LogP contribution is 2.37. The van der Waals surface area contributed by atoms with Gasteiger partial charge in [0.25, 0.3) is 0 Å². The molecule has 3 rings (SSSR count). The van der Waals surface area contributed by atoms with Crippen molar-refractivity contribution in [3.05, 3.63) is 35.9 Å². The first kappa shape index (κ1) is 16.7. The molecule has 0 radical (unpaired) electrons. The molecule has 1 aliphatic carbocycles. The molecule has 0 bridgehead atoms. The Morgan fingerprint density at radius 2 is 1.86 bits per heavy atom. The lowest BCUT2D eigenvalue weighted by atomic mass is 9.78. The number of nitrogens with two attached hydrogens (primary N) is 1. The Bertz CT molecular complexity index is 564. The van der Waals surface area contributed by atoms with E-state index in [2.05, 4.69) is 0 Å². The van der Waals surface area contributed by atoms with E-state index in [0.717, 1.165) is 24.8 Å². The first-order valence-electron chi connectivity index (χ1n) is 7.33. The summed E-state index contributed by atoms with van der Waals surface area (Å²) in [5.41, 5.74) is 7.01. The van der Waals surface area contributed by atoms with Crippen LogP contribution in [-0.4, -0.2) is 31.9 Å². The molecule has 3 atom stereocenters. The molecule has 1 saturated heterocycles. The van der Waals surface area contributed by atoms with Crippen molar-refractivity contribution in [3.8, 4) is 0 Å². The highest BCUT2D eigenvalue weighted by Gasteiger charge is 2.42. The van der Waals surface area contributed by atoms with Crippen LogP contribution in [0, 0.1) is 11.8 Å². The topological polar surface area (TPSA) is 63.4 Å². The van der Waals surface area contributed by atoms with Gasteiger partial charge in [0.15, 0.2) is 0 Å². The number of hydrogen-bond acceptors (Lipinski definition) is 3. The molecule has 1 saturated carbocycles. The number of halogens is 1. The average molecular weight is 331 g/mol. The lowest BCUT2D eigenvalue weighted by Gasteiger charge is -2.29. The predicted octanol–water partition coefficient (Wildman–Crippen LogP) is 2.00. The van der Waals surface area contributed by atoms with Crippen LogP contribution in [0.1, 0.15) is 24.8 Å². The highest BCUT2D eigenvalue weighted by atomic mass is 35.5. The van der Waals surface area contributed by atoms with E-state index in [-0.39, 0.29) is 24.2 Å². The molecule has 21 heavy (non-hydrogen) atoms. The van der Waals surface area contributed by atoms with Crippen LogP contribution in [0.15, 0.2) is 30.3 Å². The second-order valence-corrected chi connectivity index (χ2v) is 8.05. The van der Waals surface area contributed by atoms with Crippen molar-refractivity contribution in [2.24, 2.45) is 17.6 Å². The summed E-state index contributed by atoms with van der Waals surface area (Å²) in [4.78, 5) is 0. The van der Waals surface area contributed by atoms with E-state index in [1.807, 2.05) is 30.3 Å². The summed E-state index contributed by atoms with van der Waals surface area (Å²) in [7, 11) is -3.22. The lowest BCUT2D eigenvalue weighted by molar-refractivity contribution is 0.260. The van der Waals surface area contributed by atoms with Crippen LogP contribution in [-0.2, 0) is 15.8 Å². The maximum Gasteiger partial charge on any atom is 0.218 e. The SMILES string of the molecule is Cl.NC1CCCC2CN(S(=O)(=O)Cc3ccccc3)CC12. The highest BCUT2D eigenvalue weighted by molar-refractivity contribution is 7.88. The summed E-state index contributed by atoms with van der Waals surface area (Å²) < 4.78 is 26.7. The van der Waals surface area contributed by atoms with Crippen LogP contribution in [0.4, 0.5) is 0 Å². The van der Waals surface area contributed by atoms with Gasteiger partial charge < -0.3 is 5.73 Å². The molecule has 2 N–H and O–H groups in total. The van der Waals surface area contributed by atoms with Crippen molar-refractivity contribution >= 4 is 22.4 Å². The van der Waals surface area contributed by atoms with Gasteiger partial charge in [-0.05, 0) is 30.2 Å². The number of rotatable bonds is 3. The van der Waals surface area contributed by atoms with Crippen molar-refractivity contribution in [1.29, 1.82) is 0 Å². The van der Waals surface area contributed by atoms with Crippen LogP contribution in [0.3, 0.4) is 0 Å². The third-order valence-electron chi connectivity index (χ3n) is 4.71. The first-order valence-corrected chi connectivity index (χ1v) is 8.94. The van der Waals surface area contributed by atoms with Gasteiger partial charge in [-0.25, -0.2) is 12.7 Å². The van der Waals surface area contributed by atoms with Gasteiger partial charge in [-0.2, -0.15) is 0 Å². The van der Waals surface area contributed by atoms with Gasteiger partial charge in [0.1, 0.15) is 0 Å². The number of hydrogen-bond donors (Lipinski definition) is 1. The van der Waals surface area contributed by atoms with Crippen LogP contribution in [0.5, 0.6) is 0 Å². The molecule has 3 unspecified atom stereocenters. The zero-order chi connectivity index (χ0) is 14.2. The molecular weight excluding hydrogens is 308 g/mol. The smallest absolute Gasteiger partial charge is 0.218 e. The summed E-state index contributed by atoms with van der Waals surface area (Å²) in [5, 5.41) is 0. The summed E-state index contributed by atoms with van der Waals surface area (Å²) in [5.74, 6) is 0.918. The van der Waals surface area contributed by atoms with Crippen LogP contribution < -0.4 is 5.73 Å². The van der Waals surface area contributed by atoms with E-state index in [0.29, 0.717) is 24.9 Å². The van der Waals surface area contributed by atoms with Crippen LogP contribution in [0.25, 0.3) is 0 Å². The zero-order valence-corrected chi connectivity index (χ0v) is 13.7. The largest absolute Gasteiger partial charge is 0.327 e. The molecule has 2 fully saturated rings. The van der Waals surface area contributed by atoms with Crippen molar-refractivity contribution in [2.45, 2.75) is 31.1 Å². The molecule has 6 heteroatoms. The number of nitrogens with zero attached hydrogens (tertiary/aromatic N) is 1. The molecular formula is C15H23ClN2O2S. The van der Waals surface area contributed by atoms with Crippen molar-refractivity contribution in [2.75, 3.05) is 13.1 Å². The molecule has 0 spiro atoms. The lowest BCUT2D eigenvalue weighted by Crippen LogP contribution is -2.38. The van der Waals surface area contributed by atoms with Gasteiger partial charge in [0.2, 0.25) is 10.0 Å². The zero-order valence-electron chi connectivity index (χ0n) is 12.0. The maximum absolute atomic E-state index is 12.5. The number of sulfonamides is 1. The Morgan fingerprint density at radius 3 is 2.52 bits per heavy atom. The van der Waals surface area contributed by atoms with Crippen molar-refractivity contribution in [1.82, 2.24) is 4.31 Å². The van der Waals surface area contributed by atoms with Gasteiger partial charge in [-0.1, -0.05) is 36.8 Å². The van der Waals surface area contributed by atoms with E-state index in [4.69, 9.17) is 5.73 Å². The molecule has 0 amide bonds. The van der Waals surface area contributed by atoms with Gasteiger partial charge in [0, 0.05) is 19.1 Å². The predicted molar refractivity (Wildman–Crippen MR) is 86.7 cm³/mol. The van der Waals surface area contributed by atoms with E-state index in [1.54, 1.807) is 4.31 Å². The first-order chi connectivity index (χ1) is 9.56. The van der Waals surface area contributed by atoms with E-state index >= 15 is 0 Å². The Labute approximate surface area is 133 Å². The van der Waals surface area contributed by atoms with Crippen molar-refractivity contribution < 1.29 is 8.42 Å². The summed E-state index contributed by atoms with van der Waals surface area (Å²) in [6.07, 6.45) is 3.29. The summed E-state index contributed by atoms with van der Waals surface area (Å²) >= 11 is 0. The third-order valence-corrected chi connectivity index (χ3v) is 6.49. The fraction of sp³-hybridized carbons (Fsp3) is 0.600. The van der Waals surface area contributed by atoms with Gasteiger partial charge >= 0.3 is 0 Å². The van der Waals surface area contributed by atoms with Crippen molar-refractivity contribution in [3.63, 3.8) is 0 Å². The number of fused-ring (bicyclic) bond motifs is 1. The molecule has 1 heterocycles. The summed E-state index contributed by atoms with van der Waals surface area (Å²) in [6, 6.07) is 9.57. The Balaban J connectivity index is 0.00000161. The van der Waals surface area contributed by atoms with E-state index in [1.165, 1.54) is 0 Å². The molecule has 2 aliphatic rings. The van der Waals surface area contributed by atoms with E-state index < -0.39 is 10.0 Å². The van der Waals surface area contributed by atoms with Crippen LogP contribution in [0.2, 0.25) is 0 Å². The summed E-state index contributed by atoms with van der Waals surface area (Å²) in [6.45, 7) is 1.27. The Morgan fingerprint density at radius 1 is 1.14 bits per heavy atom. The Hall–Kier alpha value is -0.620. The molecule has 4 nitrogen and oxygen atoms in total. The third kappa shape index (κ3) is 3.59. The fourth-order valence-electron chi connectivity index (χ4n) is 3.58. The normalized spacial score (nSPS) is 29.7. The Kier molecular flexibility index (Phi) is 5.30. The fourth-order valence-corrected chi connectivity index (χ4v) is 5.19. The second-order valence-electron chi connectivity index (χ2n) is 6.08. The standard InChI is InChI=1S/C15H22N2O2S.ClH/c16-15-8-4-7-13-9-17(10-14(13)15)20(18,19)11-12-5-2-1-3-6-12;/h1-3,5-6,13-15H,4,7-11,16H2;1H. The number of benzene rings is 1. The molecule has 0 aromatic heterocycles. The molecule has 1 aromatic rings. The monoisotopic (exact) mass is 330 g/mol. The second kappa shape index (κ2) is 6.65. The quantitative estimate of drug-likeness (QED) is 0.922. The molecule has 118 valence electrons.